The van der Waals surface area contributed by atoms with Crippen molar-refractivity contribution >= 4 is 34.1 Å². The Hall–Kier alpha value is -2.69. The summed E-state index contributed by atoms with van der Waals surface area (Å²) in [6.07, 6.45) is 0. The van der Waals surface area contributed by atoms with Crippen LogP contribution in [0.5, 0.6) is 0 Å². The second-order valence-corrected chi connectivity index (χ2v) is 7.94. The fourth-order valence-electron chi connectivity index (χ4n) is 2.37. The highest BCUT2D eigenvalue weighted by Crippen LogP contribution is 2.28. The maximum atomic E-state index is 12.4. The lowest BCUT2D eigenvalue weighted by molar-refractivity contribution is 0.102. The molecule has 1 amide bonds. The second kappa shape index (κ2) is 8.13. The number of thioether (sulfide) groups is 1. The van der Waals surface area contributed by atoms with Crippen molar-refractivity contribution in [1.29, 1.82) is 5.26 Å². The van der Waals surface area contributed by atoms with Gasteiger partial charge in [0.15, 0.2) is 4.34 Å². The highest BCUT2D eigenvalue weighted by molar-refractivity contribution is 8.00. The number of aromatic nitrogens is 2. The Morgan fingerprint density at radius 3 is 2.65 bits per heavy atom. The topological polar surface area (TPSA) is 78.7 Å². The number of hydrogen-bond donors (Lipinski definition) is 1. The van der Waals surface area contributed by atoms with Gasteiger partial charge in [0.2, 0.25) is 5.13 Å². The Labute approximate surface area is 160 Å². The van der Waals surface area contributed by atoms with Gasteiger partial charge in [-0.05, 0) is 43.2 Å². The van der Waals surface area contributed by atoms with Gasteiger partial charge in [0.1, 0.15) is 0 Å². The van der Waals surface area contributed by atoms with E-state index in [1.165, 1.54) is 11.3 Å². The third-order valence-electron chi connectivity index (χ3n) is 3.70. The summed E-state index contributed by atoms with van der Waals surface area (Å²) < 4.78 is 0.783. The van der Waals surface area contributed by atoms with Crippen molar-refractivity contribution in [2.45, 2.75) is 23.9 Å². The van der Waals surface area contributed by atoms with Crippen molar-refractivity contribution in [1.82, 2.24) is 10.2 Å². The molecule has 0 saturated carbocycles. The fourth-order valence-corrected chi connectivity index (χ4v) is 4.07. The van der Waals surface area contributed by atoms with E-state index in [-0.39, 0.29) is 5.91 Å². The van der Waals surface area contributed by atoms with Crippen molar-refractivity contribution < 1.29 is 4.79 Å². The molecule has 2 aromatic carbocycles. The maximum Gasteiger partial charge on any atom is 0.257 e. The zero-order valence-corrected chi connectivity index (χ0v) is 15.9. The lowest BCUT2D eigenvalue weighted by Gasteiger charge is -2.05. The Kier molecular flexibility index (Phi) is 5.66. The zero-order valence-electron chi connectivity index (χ0n) is 14.3. The standard InChI is InChI=1S/C19H16N4OS2/c1-12-3-8-16(13(2)9-12)17(24)21-18-22-23-19(26-18)25-11-15-6-4-14(10-20)5-7-15/h3-9H,11H2,1-2H3,(H,21,22,24). The van der Waals surface area contributed by atoms with Gasteiger partial charge in [-0.3, -0.25) is 10.1 Å². The molecule has 0 aliphatic rings. The smallest absolute Gasteiger partial charge is 0.257 e. The van der Waals surface area contributed by atoms with Crippen LogP contribution < -0.4 is 5.32 Å². The molecule has 0 bridgehead atoms. The molecular weight excluding hydrogens is 364 g/mol. The molecule has 26 heavy (non-hydrogen) atoms. The third-order valence-corrected chi connectivity index (χ3v) is 5.74. The lowest BCUT2D eigenvalue weighted by Crippen LogP contribution is -2.13. The molecule has 0 atom stereocenters. The van der Waals surface area contributed by atoms with E-state index >= 15 is 0 Å². The predicted octanol–water partition coefficient (Wildman–Crippen LogP) is 4.57. The van der Waals surface area contributed by atoms with Gasteiger partial charge >= 0.3 is 0 Å². The van der Waals surface area contributed by atoms with Crippen LogP contribution in [0.25, 0.3) is 0 Å². The first kappa shape index (κ1) is 18.1. The fraction of sp³-hybridized carbons (Fsp3) is 0.158. The molecule has 0 saturated heterocycles. The zero-order chi connectivity index (χ0) is 18.5. The molecule has 0 unspecified atom stereocenters. The minimum Gasteiger partial charge on any atom is -0.296 e. The Morgan fingerprint density at radius 2 is 1.96 bits per heavy atom. The van der Waals surface area contributed by atoms with E-state index < -0.39 is 0 Å². The van der Waals surface area contributed by atoms with Crippen LogP contribution in [0.2, 0.25) is 0 Å². The van der Waals surface area contributed by atoms with E-state index in [0.717, 1.165) is 26.8 Å². The summed E-state index contributed by atoms with van der Waals surface area (Å²) in [5.41, 5.74) is 4.44. The Morgan fingerprint density at radius 1 is 1.19 bits per heavy atom. The van der Waals surface area contributed by atoms with Gasteiger partial charge in [-0.15, -0.1) is 10.2 Å². The van der Waals surface area contributed by atoms with Crippen LogP contribution in [0.3, 0.4) is 0 Å². The molecule has 0 aliphatic carbocycles. The van der Waals surface area contributed by atoms with Crippen LogP contribution in [-0.2, 0) is 5.75 Å². The van der Waals surface area contributed by atoms with Gasteiger partial charge in [-0.2, -0.15) is 5.26 Å². The first-order valence-electron chi connectivity index (χ1n) is 7.89. The number of anilines is 1. The van der Waals surface area contributed by atoms with Crippen LogP contribution in [0, 0.1) is 25.2 Å². The van der Waals surface area contributed by atoms with Gasteiger partial charge in [0.25, 0.3) is 5.91 Å². The molecule has 3 rings (SSSR count). The van der Waals surface area contributed by atoms with Gasteiger partial charge in [0, 0.05) is 11.3 Å². The molecule has 1 N–H and O–H groups in total. The van der Waals surface area contributed by atoms with Gasteiger partial charge < -0.3 is 0 Å². The minimum atomic E-state index is -0.178. The van der Waals surface area contributed by atoms with E-state index in [2.05, 4.69) is 21.6 Å². The van der Waals surface area contributed by atoms with E-state index in [1.54, 1.807) is 23.9 Å². The molecular formula is C19H16N4OS2. The molecule has 0 fully saturated rings. The van der Waals surface area contributed by atoms with Crippen molar-refractivity contribution in [2.24, 2.45) is 0 Å². The highest BCUT2D eigenvalue weighted by Gasteiger charge is 2.12. The molecule has 1 heterocycles. The number of hydrogen-bond acceptors (Lipinski definition) is 6. The van der Waals surface area contributed by atoms with Crippen molar-refractivity contribution in [2.75, 3.05) is 5.32 Å². The predicted molar refractivity (Wildman–Crippen MR) is 104 cm³/mol. The maximum absolute atomic E-state index is 12.4. The first-order chi connectivity index (χ1) is 12.5. The van der Waals surface area contributed by atoms with Crippen molar-refractivity contribution in [3.8, 4) is 6.07 Å². The number of nitrogens with zero attached hydrogens (tertiary/aromatic N) is 3. The SMILES string of the molecule is Cc1ccc(C(=O)Nc2nnc(SCc3ccc(C#N)cc3)s2)c(C)c1. The third kappa shape index (κ3) is 4.48. The number of aryl methyl sites for hydroxylation is 2. The average Bonchev–Trinajstić information content (AvgIpc) is 3.07. The minimum absolute atomic E-state index is 0.178. The van der Waals surface area contributed by atoms with Crippen LogP contribution in [0.1, 0.15) is 32.6 Å². The van der Waals surface area contributed by atoms with Gasteiger partial charge in [0.05, 0.1) is 11.6 Å². The molecule has 0 radical (unpaired) electrons. The summed E-state index contributed by atoms with van der Waals surface area (Å²) in [6, 6.07) is 15.3. The number of rotatable bonds is 5. The molecule has 0 spiro atoms. The van der Waals surface area contributed by atoms with E-state index in [9.17, 15) is 4.79 Å². The monoisotopic (exact) mass is 380 g/mol. The molecule has 7 heteroatoms. The molecule has 1 aromatic heterocycles. The number of benzene rings is 2. The van der Waals surface area contributed by atoms with Gasteiger partial charge in [-0.25, -0.2) is 0 Å². The summed E-state index contributed by atoms with van der Waals surface area (Å²) in [4.78, 5) is 12.4. The van der Waals surface area contributed by atoms with E-state index in [1.807, 2.05) is 44.2 Å². The average molecular weight is 380 g/mol. The Bertz CT molecular complexity index is 974. The van der Waals surface area contributed by atoms with Crippen LogP contribution >= 0.6 is 23.1 Å². The molecule has 5 nitrogen and oxygen atoms in total. The van der Waals surface area contributed by atoms with Crippen LogP contribution in [0.15, 0.2) is 46.8 Å². The summed E-state index contributed by atoms with van der Waals surface area (Å²) in [5.74, 6) is 0.549. The summed E-state index contributed by atoms with van der Waals surface area (Å²) in [7, 11) is 0. The van der Waals surface area contributed by atoms with E-state index in [0.29, 0.717) is 16.3 Å². The Balaban J connectivity index is 1.60. The van der Waals surface area contributed by atoms with Crippen LogP contribution in [-0.4, -0.2) is 16.1 Å². The van der Waals surface area contributed by atoms with Crippen molar-refractivity contribution in [3.63, 3.8) is 0 Å². The molecule has 130 valence electrons. The largest absolute Gasteiger partial charge is 0.296 e. The normalized spacial score (nSPS) is 10.3. The quantitative estimate of drug-likeness (QED) is 0.518. The number of carbonyl (C=O) groups is 1. The summed E-state index contributed by atoms with van der Waals surface area (Å²) in [6.45, 7) is 3.91. The van der Waals surface area contributed by atoms with Crippen molar-refractivity contribution in [3.05, 3.63) is 70.3 Å². The first-order valence-corrected chi connectivity index (χ1v) is 9.69. The number of amides is 1. The summed E-state index contributed by atoms with van der Waals surface area (Å²) >= 11 is 2.89. The highest BCUT2D eigenvalue weighted by atomic mass is 32.2. The van der Waals surface area contributed by atoms with E-state index in [4.69, 9.17) is 5.26 Å². The second-order valence-electron chi connectivity index (χ2n) is 5.74. The lowest BCUT2D eigenvalue weighted by atomic mass is 10.1. The van der Waals surface area contributed by atoms with Crippen LogP contribution in [0.4, 0.5) is 5.13 Å². The number of nitrogens with one attached hydrogen (secondary N) is 1. The molecule has 3 aromatic rings. The van der Waals surface area contributed by atoms with Gasteiger partial charge in [-0.1, -0.05) is 52.9 Å². The summed E-state index contributed by atoms with van der Waals surface area (Å²) in [5, 5.41) is 20.3. The molecule has 0 aliphatic heterocycles. The number of nitriles is 1. The number of carbonyl (C=O) groups excluding carboxylic acids is 1.